The van der Waals surface area contributed by atoms with Crippen LogP contribution in [-0.4, -0.2) is 45.7 Å². The van der Waals surface area contributed by atoms with Crippen LogP contribution in [0.3, 0.4) is 0 Å². The third-order valence-corrected chi connectivity index (χ3v) is 5.85. The summed E-state index contributed by atoms with van der Waals surface area (Å²) < 4.78 is 0. The van der Waals surface area contributed by atoms with Crippen LogP contribution in [0.15, 0.2) is 30.3 Å². The Morgan fingerprint density at radius 1 is 1.14 bits per heavy atom. The Balaban J connectivity index is 1.85. The lowest BCUT2D eigenvalue weighted by molar-refractivity contribution is -0.145. The van der Waals surface area contributed by atoms with E-state index in [0.717, 1.165) is 11.1 Å². The standard InChI is InChI=1S/C22H26N2O4/c1-4-17-18(15(3)25)14(2)23-19(17)20(26)24-12-10-22(11-13-24,21(27)28)16-8-6-5-7-9-16/h5-9,23H,4,10-13H2,1-3H3,(H,27,28). The molecule has 0 radical (unpaired) electrons. The number of ketones is 1. The molecule has 1 aromatic carbocycles. The number of carboxylic acids is 1. The summed E-state index contributed by atoms with van der Waals surface area (Å²) in [4.78, 5) is 42.0. The lowest BCUT2D eigenvalue weighted by Gasteiger charge is -2.39. The number of benzene rings is 1. The summed E-state index contributed by atoms with van der Waals surface area (Å²) in [7, 11) is 0. The first-order valence-corrected chi connectivity index (χ1v) is 9.62. The van der Waals surface area contributed by atoms with Gasteiger partial charge in [-0.1, -0.05) is 37.3 Å². The Labute approximate surface area is 164 Å². The molecule has 2 aromatic rings. The van der Waals surface area contributed by atoms with Gasteiger partial charge >= 0.3 is 5.97 Å². The molecule has 0 bridgehead atoms. The van der Waals surface area contributed by atoms with E-state index in [1.54, 1.807) is 11.8 Å². The Morgan fingerprint density at radius 2 is 1.75 bits per heavy atom. The van der Waals surface area contributed by atoms with Gasteiger partial charge in [0, 0.05) is 24.3 Å². The number of hydrogen-bond donors (Lipinski definition) is 2. The van der Waals surface area contributed by atoms with Crippen molar-refractivity contribution in [2.45, 2.75) is 45.4 Å². The van der Waals surface area contributed by atoms with Crippen molar-refractivity contribution < 1.29 is 19.5 Å². The van der Waals surface area contributed by atoms with Crippen LogP contribution in [-0.2, 0) is 16.6 Å². The number of amides is 1. The summed E-state index contributed by atoms with van der Waals surface area (Å²) in [5, 5.41) is 9.92. The molecule has 2 heterocycles. The topological polar surface area (TPSA) is 90.5 Å². The van der Waals surface area contributed by atoms with Gasteiger partial charge in [-0.3, -0.25) is 14.4 Å². The van der Waals surface area contributed by atoms with Gasteiger partial charge in [-0.15, -0.1) is 0 Å². The number of aromatic nitrogens is 1. The Morgan fingerprint density at radius 3 is 2.25 bits per heavy atom. The highest BCUT2D eigenvalue weighted by Gasteiger charge is 2.44. The second-order valence-electron chi connectivity index (χ2n) is 7.43. The zero-order chi connectivity index (χ0) is 20.5. The van der Waals surface area contributed by atoms with Gasteiger partial charge in [0.15, 0.2) is 5.78 Å². The number of nitrogens with one attached hydrogen (secondary N) is 1. The fraction of sp³-hybridized carbons (Fsp3) is 0.409. The minimum absolute atomic E-state index is 0.0581. The minimum Gasteiger partial charge on any atom is -0.481 e. The fourth-order valence-corrected chi connectivity index (χ4v) is 4.32. The van der Waals surface area contributed by atoms with Crippen LogP contribution in [0.1, 0.15) is 64.4 Å². The molecule has 1 amide bonds. The van der Waals surface area contributed by atoms with Crippen molar-refractivity contribution in [2.75, 3.05) is 13.1 Å². The van der Waals surface area contributed by atoms with Gasteiger partial charge in [-0.2, -0.15) is 0 Å². The largest absolute Gasteiger partial charge is 0.481 e. The number of H-pyrrole nitrogens is 1. The van der Waals surface area contributed by atoms with Crippen LogP contribution < -0.4 is 0 Å². The number of Topliss-reactive ketones (excluding diaryl/α,β-unsaturated/α-hetero) is 1. The monoisotopic (exact) mass is 382 g/mol. The second kappa shape index (κ2) is 7.62. The van der Waals surface area contributed by atoms with E-state index in [-0.39, 0.29) is 11.7 Å². The number of hydrogen-bond acceptors (Lipinski definition) is 3. The quantitative estimate of drug-likeness (QED) is 0.776. The average molecular weight is 382 g/mol. The number of likely N-dealkylation sites (tertiary alicyclic amines) is 1. The predicted octanol–water partition coefficient (Wildman–Crippen LogP) is 3.35. The molecular formula is C22H26N2O4. The highest BCUT2D eigenvalue weighted by molar-refractivity contribution is 6.02. The van der Waals surface area contributed by atoms with E-state index in [9.17, 15) is 19.5 Å². The number of aryl methyl sites for hydroxylation is 1. The van der Waals surface area contributed by atoms with Gasteiger partial charge in [0.25, 0.3) is 5.91 Å². The van der Waals surface area contributed by atoms with Crippen LogP contribution in [0.2, 0.25) is 0 Å². The van der Waals surface area contributed by atoms with Gasteiger partial charge in [0.1, 0.15) is 5.69 Å². The van der Waals surface area contributed by atoms with Crippen molar-refractivity contribution >= 4 is 17.7 Å². The van der Waals surface area contributed by atoms with Crippen LogP contribution in [0, 0.1) is 6.92 Å². The van der Waals surface area contributed by atoms with E-state index in [0.29, 0.717) is 49.3 Å². The fourth-order valence-electron chi connectivity index (χ4n) is 4.32. The zero-order valence-corrected chi connectivity index (χ0v) is 16.5. The Hall–Kier alpha value is -2.89. The number of carbonyl (C=O) groups is 3. The molecule has 2 N–H and O–H groups in total. The van der Waals surface area contributed by atoms with E-state index >= 15 is 0 Å². The SMILES string of the molecule is CCc1c(C(=O)N2CCC(C(=O)O)(c3ccccc3)CC2)[nH]c(C)c1C(C)=O. The number of aliphatic carboxylic acids is 1. The smallest absolute Gasteiger partial charge is 0.314 e. The van der Waals surface area contributed by atoms with Crippen molar-refractivity contribution in [3.05, 3.63) is 58.4 Å². The zero-order valence-electron chi connectivity index (χ0n) is 16.5. The molecule has 28 heavy (non-hydrogen) atoms. The summed E-state index contributed by atoms with van der Waals surface area (Å²) in [6.07, 6.45) is 1.30. The van der Waals surface area contributed by atoms with Gasteiger partial charge < -0.3 is 15.0 Å². The molecule has 1 aliphatic rings. The maximum Gasteiger partial charge on any atom is 0.314 e. The van der Waals surface area contributed by atoms with Crippen LogP contribution >= 0.6 is 0 Å². The van der Waals surface area contributed by atoms with Crippen LogP contribution in [0.25, 0.3) is 0 Å². The highest BCUT2D eigenvalue weighted by atomic mass is 16.4. The average Bonchev–Trinajstić information content (AvgIpc) is 3.04. The number of aromatic amines is 1. The first-order chi connectivity index (χ1) is 13.3. The van der Waals surface area contributed by atoms with Crippen molar-refractivity contribution in [1.29, 1.82) is 0 Å². The summed E-state index contributed by atoms with van der Waals surface area (Å²) >= 11 is 0. The van der Waals surface area contributed by atoms with Crippen molar-refractivity contribution in [2.24, 2.45) is 0 Å². The normalized spacial score (nSPS) is 16.0. The summed E-state index contributed by atoms with van der Waals surface area (Å²) in [6, 6.07) is 9.23. The van der Waals surface area contributed by atoms with E-state index in [4.69, 9.17) is 0 Å². The number of carbonyl (C=O) groups excluding carboxylic acids is 2. The number of rotatable bonds is 5. The molecular weight excluding hydrogens is 356 g/mol. The molecule has 0 saturated carbocycles. The first-order valence-electron chi connectivity index (χ1n) is 9.62. The van der Waals surface area contributed by atoms with Crippen LogP contribution in [0.5, 0.6) is 0 Å². The molecule has 0 spiro atoms. The Bertz CT molecular complexity index is 906. The summed E-state index contributed by atoms with van der Waals surface area (Å²) in [5.41, 5.74) is 2.29. The molecule has 148 valence electrons. The van der Waals surface area contributed by atoms with Crippen LogP contribution in [0.4, 0.5) is 0 Å². The summed E-state index contributed by atoms with van der Waals surface area (Å²) in [6.45, 7) is 5.94. The second-order valence-corrected chi connectivity index (χ2v) is 7.43. The predicted molar refractivity (Wildman–Crippen MR) is 106 cm³/mol. The Kier molecular flexibility index (Phi) is 5.40. The third kappa shape index (κ3) is 3.23. The molecule has 0 aliphatic carbocycles. The molecule has 6 nitrogen and oxygen atoms in total. The van der Waals surface area contributed by atoms with E-state index in [1.807, 2.05) is 37.3 Å². The lowest BCUT2D eigenvalue weighted by Crippen LogP contribution is -2.49. The van der Waals surface area contributed by atoms with Crippen molar-refractivity contribution in [1.82, 2.24) is 9.88 Å². The summed E-state index contributed by atoms with van der Waals surface area (Å²) in [5.74, 6) is -1.08. The maximum atomic E-state index is 13.1. The first kappa shape index (κ1) is 19.9. The van der Waals surface area contributed by atoms with Crippen molar-refractivity contribution in [3.63, 3.8) is 0 Å². The number of carboxylic acid groups (broad SMARTS) is 1. The number of nitrogens with zero attached hydrogens (tertiary/aromatic N) is 1. The molecule has 3 rings (SSSR count). The molecule has 6 heteroatoms. The van der Waals surface area contributed by atoms with Gasteiger partial charge in [-0.25, -0.2) is 0 Å². The lowest BCUT2D eigenvalue weighted by atomic mass is 9.73. The molecule has 0 atom stereocenters. The van der Waals surface area contributed by atoms with E-state index in [2.05, 4.69) is 4.98 Å². The highest BCUT2D eigenvalue weighted by Crippen LogP contribution is 2.36. The molecule has 1 aromatic heterocycles. The van der Waals surface area contributed by atoms with E-state index < -0.39 is 11.4 Å². The molecule has 0 unspecified atom stereocenters. The third-order valence-electron chi connectivity index (χ3n) is 5.85. The maximum absolute atomic E-state index is 13.1. The van der Waals surface area contributed by atoms with Gasteiger partial charge in [0.2, 0.25) is 0 Å². The van der Waals surface area contributed by atoms with E-state index in [1.165, 1.54) is 6.92 Å². The van der Waals surface area contributed by atoms with Gasteiger partial charge in [0.05, 0.1) is 5.41 Å². The molecule has 1 saturated heterocycles. The minimum atomic E-state index is -0.970. The van der Waals surface area contributed by atoms with Gasteiger partial charge in [-0.05, 0) is 44.2 Å². The number of piperidine rings is 1. The molecule has 1 fully saturated rings. The van der Waals surface area contributed by atoms with Crippen molar-refractivity contribution in [3.8, 4) is 0 Å². The molecule has 1 aliphatic heterocycles.